The molecule has 2 atom stereocenters. The zero-order chi connectivity index (χ0) is 13.8. The van der Waals surface area contributed by atoms with Crippen molar-refractivity contribution >= 4 is 0 Å². The first-order chi connectivity index (χ1) is 9.11. The number of nitrogens with zero attached hydrogens (tertiary/aromatic N) is 4. The number of imidazole rings is 1. The van der Waals surface area contributed by atoms with Crippen molar-refractivity contribution in [1.29, 1.82) is 0 Å². The summed E-state index contributed by atoms with van der Waals surface area (Å²) in [4.78, 5) is 9.00. The van der Waals surface area contributed by atoms with Crippen LogP contribution in [-0.4, -0.2) is 64.2 Å². The van der Waals surface area contributed by atoms with Crippen molar-refractivity contribution in [2.45, 2.75) is 38.5 Å². The summed E-state index contributed by atoms with van der Waals surface area (Å²) < 4.78 is 2.07. The Hall–Kier alpha value is -0.910. The molecule has 1 saturated heterocycles. The summed E-state index contributed by atoms with van der Waals surface area (Å²) >= 11 is 0. The van der Waals surface area contributed by atoms with Gasteiger partial charge in [0.05, 0.1) is 0 Å². The standard InChI is InChI=1S/C14H26N4O/c1-4-6-18-7-5-15-14(18)13(19)10-12-11-16(2)8-9-17(12)3/h5,7,12-13,19H,4,6,8-11H2,1-3H3. The molecule has 19 heavy (non-hydrogen) atoms. The van der Waals surface area contributed by atoms with Crippen LogP contribution in [0.4, 0.5) is 0 Å². The van der Waals surface area contributed by atoms with E-state index in [1.165, 1.54) is 0 Å². The molecule has 1 aromatic heterocycles. The largest absolute Gasteiger partial charge is 0.385 e. The molecule has 1 aliphatic rings. The minimum Gasteiger partial charge on any atom is -0.385 e. The van der Waals surface area contributed by atoms with Gasteiger partial charge < -0.3 is 19.5 Å². The smallest absolute Gasteiger partial charge is 0.137 e. The molecule has 1 fully saturated rings. The minimum atomic E-state index is -0.472. The third kappa shape index (κ3) is 3.55. The predicted molar refractivity (Wildman–Crippen MR) is 76.0 cm³/mol. The second kappa shape index (κ2) is 6.50. The van der Waals surface area contributed by atoms with Crippen LogP contribution in [0.2, 0.25) is 0 Å². The molecule has 0 amide bonds. The Morgan fingerprint density at radius 2 is 2.21 bits per heavy atom. The van der Waals surface area contributed by atoms with Crippen LogP contribution in [0.1, 0.15) is 31.7 Å². The van der Waals surface area contributed by atoms with Crippen LogP contribution in [0.3, 0.4) is 0 Å². The SMILES string of the molecule is CCCn1ccnc1C(O)CC1CN(C)CCN1C. The highest BCUT2D eigenvalue weighted by molar-refractivity contribution is 4.98. The lowest BCUT2D eigenvalue weighted by Gasteiger charge is -2.38. The highest BCUT2D eigenvalue weighted by Gasteiger charge is 2.26. The number of aliphatic hydroxyl groups excluding tert-OH is 1. The molecule has 5 heteroatoms. The van der Waals surface area contributed by atoms with E-state index in [0.29, 0.717) is 6.04 Å². The van der Waals surface area contributed by atoms with Gasteiger partial charge >= 0.3 is 0 Å². The van der Waals surface area contributed by atoms with Crippen LogP contribution in [0, 0.1) is 0 Å². The molecule has 108 valence electrons. The molecule has 1 N–H and O–H groups in total. The van der Waals surface area contributed by atoms with Crippen LogP contribution >= 0.6 is 0 Å². The quantitative estimate of drug-likeness (QED) is 0.862. The highest BCUT2D eigenvalue weighted by atomic mass is 16.3. The van der Waals surface area contributed by atoms with Crippen LogP contribution in [0.15, 0.2) is 12.4 Å². The molecule has 2 unspecified atom stereocenters. The number of aryl methyl sites for hydroxylation is 1. The molecule has 2 heterocycles. The fraction of sp³-hybridized carbons (Fsp3) is 0.786. The van der Waals surface area contributed by atoms with Crippen LogP contribution in [0.25, 0.3) is 0 Å². The van der Waals surface area contributed by atoms with Crippen LogP contribution in [0.5, 0.6) is 0 Å². The molecule has 0 bridgehead atoms. The molecule has 5 nitrogen and oxygen atoms in total. The summed E-state index contributed by atoms with van der Waals surface area (Å²) in [6.07, 6.45) is 5.08. The maximum atomic E-state index is 10.4. The van der Waals surface area contributed by atoms with Gasteiger partial charge in [-0.1, -0.05) is 6.92 Å². The van der Waals surface area contributed by atoms with E-state index in [4.69, 9.17) is 0 Å². The predicted octanol–water partition coefficient (Wildman–Crippen LogP) is 0.962. The van der Waals surface area contributed by atoms with Gasteiger partial charge in [-0.05, 0) is 26.9 Å². The second-order valence-electron chi connectivity index (χ2n) is 5.63. The summed E-state index contributed by atoms with van der Waals surface area (Å²) in [7, 11) is 4.29. The zero-order valence-corrected chi connectivity index (χ0v) is 12.3. The number of likely N-dealkylation sites (N-methyl/N-ethyl adjacent to an activating group) is 2. The Balaban J connectivity index is 1.99. The molecule has 0 aromatic carbocycles. The average molecular weight is 266 g/mol. The Morgan fingerprint density at radius 1 is 1.42 bits per heavy atom. The third-order valence-corrected chi connectivity index (χ3v) is 3.99. The molecule has 1 aromatic rings. The van der Waals surface area contributed by atoms with E-state index >= 15 is 0 Å². The average Bonchev–Trinajstić information content (AvgIpc) is 2.82. The van der Waals surface area contributed by atoms with E-state index < -0.39 is 6.10 Å². The molecule has 0 radical (unpaired) electrons. The number of hydrogen-bond donors (Lipinski definition) is 1. The highest BCUT2D eigenvalue weighted by Crippen LogP contribution is 2.21. The monoisotopic (exact) mass is 266 g/mol. The van der Waals surface area contributed by atoms with Gasteiger partial charge in [-0.25, -0.2) is 4.98 Å². The van der Waals surface area contributed by atoms with Gasteiger partial charge in [-0.2, -0.15) is 0 Å². The summed E-state index contributed by atoms with van der Waals surface area (Å²) in [6, 6.07) is 0.403. The lowest BCUT2D eigenvalue weighted by Crippen LogP contribution is -2.50. The third-order valence-electron chi connectivity index (χ3n) is 3.99. The van der Waals surface area contributed by atoms with E-state index in [0.717, 1.165) is 44.8 Å². The van der Waals surface area contributed by atoms with E-state index in [1.54, 1.807) is 6.20 Å². The molecule has 0 saturated carbocycles. The first kappa shape index (κ1) is 14.5. The topological polar surface area (TPSA) is 44.5 Å². The number of piperazine rings is 1. The van der Waals surface area contributed by atoms with Gasteiger partial charge in [0.25, 0.3) is 0 Å². The molecular weight excluding hydrogens is 240 g/mol. The van der Waals surface area contributed by atoms with Gasteiger partial charge in [-0.3, -0.25) is 0 Å². The van der Waals surface area contributed by atoms with Gasteiger partial charge in [0.15, 0.2) is 0 Å². The fourth-order valence-corrected chi connectivity index (χ4v) is 2.77. The first-order valence-corrected chi connectivity index (χ1v) is 7.19. The normalized spacial score (nSPS) is 23.7. The van der Waals surface area contributed by atoms with Crippen molar-refractivity contribution in [2.24, 2.45) is 0 Å². The summed E-state index contributed by atoms with van der Waals surface area (Å²) in [5.74, 6) is 0.809. The molecule has 1 aliphatic heterocycles. The van der Waals surface area contributed by atoms with Gasteiger partial charge in [0, 0.05) is 44.6 Å². The molecule has 2 rings (SSSR count). The fourth-order valence-electron chi connectivity index (χ4n) is 2.77. The van der Waals surface area contributed by atoms with Crippen LogP contribution < -0.4 is 0 Å². The van der Waals surface area contributed by atoms with Gasteiger partial charge in [-0.15, -0.1) is 0 Å². The maximum Gasteiger partial charge on any atom is 0.137 e. The lowest BCUT2D eigenvalue weighted by molar-refractivity contribution is 0.0587. The minimum absolute atomic E-state index is 0.403. The van der Waals surface area contributed by atoms with Crippen molar-refractivity contribution in [2.75, 3.05) is 33.7 Å². The Bertz CT molecular complexity index is 393. The van der Waals surface area contributed by atoms with Gasteiger partial charge in [0.2, 0.25) is 0 Å². The van der Waals surface area contributed by atoms with E-state index in [-0.39, 0.29) is 0 Å². The number of aliphatic hydroxyl groups is 1. The molecule has 0 aliphatic carbocycles. The van der Waals surface area contributed by atoms with Gasteiger partial charge in [0.1, 0.15) is 11.9 Å². The molecule has 0 spiro atoms. The summed E-state index contributed by atoms with van der Waals surface area (Å²) in [5, 5.41) is 10.4. The van der Waals surface area contributed by atoms with E-state index in [2.05, 4.69) is 40.4 Å². The van der Waals surface area contributed by atoms with Crippen molar-refractivity contribution in [3.63, 3.8) is 0 Å². The van der Waals surface area contributed by atoms with Crippen molar-refractivity contribution < 1.29 is 5.11 Å². The summed E-state index contributed by atoms with van der Waals surface area (Å²) in [5.41, 5.74) is 0. The van der Waals surface area contributed by atoms with Crippen LogP contribution in [-0.2, 0) is 6.54 Å². The van der Waals surface area contributed by atoms with Crippen molar-refractivity contribution in [3.8, 4) is 0 Å². The first-order valence-electron chi connectivity index (χ1n) is 7.19. The number of hydrogen-bond acceptors (Lipinski definition) is 4. The lowest BCUT2D eigenvalue weighted by atomic mass is 10.0. The maximum absolute atomic E-state index is 10.4. The number of rotatable bonds is 5. The Labute approximate surface area is 115 Å². The van der Waals surface area contributed by atoms with E-state index in [1.807, 2.05) is 6.20 Å². The van der Waals surface area contributed by atoms with Crippen molar-refractivity contribution in [3.05, 3.63) is 18.2 Å². The van der Waals surface area contributed by atoms with E-state index in [9.17, 15) is 5.11 Å². The Kier molecular flexibility index (Phi) is 4.96. The Morgan fingerprint density at radius 3 is 2.95 bits per heavy atom. The zero-order valence-electron chi connectivity index (χ0n) is 12.3. The molecular formula is C14H26N4O. The summed E-state index contributed by atoms with van der Waals surface area (Å²) in [6.45, 7) is 6.25. The second-order valence-corrected chi connectivity index (χ2v) is 5.63. The van der Waals surface area contributed by atoms with Crippen molar-refractivity contribution in [1.82, 2.24) is 19.4 Å². The number of aromatic nitrogens is 2.